The number of ether oxygens (including phenoxy) is 2. The van der Waals surface area contributed by atoms with Gasteiger partial charge in [-0.25, -0.2) is 4.39 Å². The molecule has 1 aromatic rings. The van der Waals surface area contributed by atoms with E-state index < -0.39 is 0 Å². The largest absolute Gasteiger partial charge is 0.493 e. The predicted molar refractivity (Wildman–Crippen MR) is 67.4 cm³/mol. The average Bonchev–Trinajstić information content (AvgIpc) is 2.41. The van der Waals surface area contributed by atoms with Crippen LogP contribution in [0.1, 0.15) is 6.42 Å². The summed E-state index contributed by atoms with van der Waals surface area (Å²) in [5.41, 5.74) is 0. The van der Waals surface area contributed by atoms with Crippen LogP contribution in [0.15, 0.2) is 24.3 Å². The fourth-order valence-electron chi connectivity index (χ4n) is 1.31. The molecule has 0 atom stereocenters. The van der Waals surface area contributed by atoms with Crippen LogP contribution in [-0.2, 0) is 9.53 Å². The minimum Gasteiger partial charge on any atom is -0.493 e. The van der Waals surface area contributed by atoms with Crippen LogP contribution in [0.5, 0.6) is 5.75 Å². The van der Waals surface area contributed by atoms with E-state index in [0.29, 0.717) is 18.9 Å². The normalized spacial score (nSPS) is 10.2. The van der Waals surface area contributed by atoms with E-state index >= 15 is 0 Å². The van der Waals surface area contributed by atoms with Gasteiger partial charge in [0.2, 0.25) is 5.91 Å². The Morgan fingerprint density at radius 3 is 2.63 bits per heavy atom. The van der Waals surface area contributed by atoms with Gasteiger partial charge in [-0.15, -0.1) is 0 Å². The van der Waals surface area contributed by atoms with Gasteiger partial charge < -0.3 is 19.9 Å². The van der Waals surface area contributed by atoms with Crippen molar-refractivity contribution in [3.63, 3.8) is 0 Å². The maximum atomic E-state index is 12.6. The Morgan fingerprint density at radius 1 is 1.21 bits per heavy atom. The van der Waals surface area contributed by atoms with Crippen LogP contribution in [0, 0.1) is 5.82 Å². The Hall–Kier alpha value is -1.66. The Morgan fingerprint density at radius 2 is 1.95 bits per heavy atom. The first-order valence-corrected chi connectivity index (χ1v) is 6.06. The number of hydrogen-bond donors (Lipinski definition) is 2. The summed E-state index contributed by atoms with van der Waals surface area (Å²) in [7, 11) is 0. The summed E-state index contributed by atoms with van der Waals surface area (Å²) in [5.74, 6) is 0.0585. The molecule has 0 aliphatic carbocycles. The average molecular weight is 271 g/mol. The molecule has 0 aliphatic rings. The van der Waals surface area contributed by atoms with E-state index in [1.807, 2.05) is 0 Å². The number of benzene rings is 1. The Kier molecular flexibility index (Phi) is 7.53. The minimum atomic E-state index is -0.326. The summed E-state index contributed by atoms with van der Waals surface area (Å²) < 4.78 is 22.9. The van der Waals surface area contributed by atoms with Gasteiger partial charge in [0.05, 0.1) is 32.8 Å². The molecule has 0 aliphatic heterocycles. The van der Waals surface area contributed by atoms with Crippen molar-refractivity contribution in [3.8, 4) is 5.75 Å². The van der Waals surface area contributed by atoms with Crippen LogP contribution >= 0.6 is 0 Å². The highest BCUT2D eigenvalue weighted by Crippen LogP contribution is 2.10. The van der Waals surface area contributed by atoms with Gasteiger partial charge >= 0.3 is 0 Å². The number of aliphatic hydroxyl groups is 1. The van der Waals surface area contributed by atoms with Crippen molar-refractivity contribution >= 4 is 5.91 Å². The van der Waals surface area contributed by atoms with Gasteiger partial charge in [-0.1, -0.05) is 0 Å². The molecule has 0 unspecified atom stereocenters. The minimum absolute atomic E-state index is 0.0283. The van der Waals surface area contributed by atoms with Crippen molar-refractivity contribution < 1.29 is 23.8 Å². The van der Waals surface area contributed by atoms with Crippen molar-refractivity contribution in [2.24, 2.45) is 0 Å². The van der Waals surface area contributed by atoms with Crippen LogP contribution in [0.2, 0.25) is 0 Å². The third-order valence-corrected chi connectivity index (χ3v) is 2.22. The zero-order chi connectivity index (χ0) is 13.9. The summed E-state index contributed by atoms with van der Waals surface area (Å²) in [6.07, 6.45) is 0.220. The fourth-order valence-corrected chi connectivity index (χ4v) is 1.31. The summed E-state index contributed by atoms with van der Waals surface area (Å²) in [4.78, 5) is 11.4. The number of hydrogen-bond acceptors (Lipinski definition) is 4. The third kappa shape index (κ3) is 7.38. The second kappa shape index (κ2) is 9.29. The number of aliphatic hydroxyl groups excluding tert-OH is 1. The first kappa shape index (κ1) is 15.4. The molecule has 1 rings (SSSR count). The zero-order valence-electron chi connectivity index (χ0n) is 10.6. The fraction of sp³-hybridized carbons (Fsp3) is 0.462. The van der Waals surface area contributed by atoms with Crippen molar-refractivity contribution in [1.29, 1.82) is 0 Å². The van der Waals surface area contributed by atoms with E-state index in [1.165, 1.54) is 24.3 Å². The third-order valence-electron chi connectivity index (χ3n) is 2.22. The van der Waals surface area contributed by atoms with E-state index in [0.717, 1.165) is 0 Å². The van der Waals surface area contributed by atoms with E-state index in [2.05, 4.69) is 5.32 Å². The molecule has 2 N–H and O–H groups in total. The number of carbonyl (C=O) groups is 1. The molecular formula is C13H18FNO4. The lowest BCUT2D eigenvalue weighted by Gasteiger charge is -2.07. The highest BCUT2D eigenvalue weighted by Gasteiger charge is 2.01. The maximum absolute atomic E-state index is 12.6. The van der Waals surface area contributed by atoms with E-state index in [-0.39, 0.29) is 38.0 Å². The van der Waals surface area contributed by atoms with Gasteiger partial charge in [0.25, 0.3) is 0 Å². The van der Waals surface area contributed by atoms with Gasteiger partial charge in [-0.2, -0.15) is 0 Å². The lowest BCUT2D eigenvalue weighted by atomic mass is 10.3. The van der Waals surface area contributed by atoms with E-state index in [9.17, 15) is 9.18 Å². The molecule has 0 heterocycles. The quantitative estimate of drug-likeness (QED) is 0.649. The Balaban J connectivity index is 2.05. The summed E-state index contributed by atoms with van der Waals surface area (Å²) in [5, 5.41) is 11.1. The second-order valence-corrected chi connectivity index (χ2v) is 3.74. The molecular weight excluding hydrogens is 253 g/mol. The van der Waals surface area contributed by atoms with Gasteiger partial charge in [0.1, 0.15) is 11.6 Å². The molecule has 106 valence electrons. The first-order valence-electron chi connectivity index (χ1n) is 6.06. The van der Waals surface area contributed by atoms with Crippen LogP contribution < -0.4 is 10.1 Å². The SMILES string of the molecule is O=C(CCOc1ccc(F)cc1)NCCOCCO. The van der Waals surface area contributed by atoms with Crippen LogP contribution in [0.4, 0.5) is 4.39 Å². The van der Waals surface area contributed by atoms with Crippen LogP contribution in [0.3, 0.4) is 0 Å². The Bertz CT molecular complexity index is 369. The van der Waals surface area contributed by atoms with Gasteiger partial charge in [-0.3, -0.25) is 4.79 Å². The molecule has 0 radical (unpaired) electrons. The highest BCUT2D eigenvalue weighted by molar-refractivity contribution is 5.75. The van der Waals surface area contributed by atoms with Crippen molar-refractivity contribution in [1.82, 2.24) is 5.32 Å². The molecule has 0 bridgehead atoms. The molecule has 0 fully saturated rings. The van der Waals surface area contributed by atoms with Crippen molar-refractivity contribution in [2.45, 2.75) is 6.42 Å². The van der Waals surface area contributed by atoms with E-state index in [4.69, 9.17) is 14.6 Å². The van der Waals surface area contributed by atoms with Gasteiger partial charge in [0, 0.05) is 6.54 Å². The summed E-state index contributed by atoms with van der Waals surface area (Å²) in [6.45, 7) is 1.23. The monoisotopic (exact) mass is 271 g/mol. The summed E-state index contributed by atoms with van der Waals surface area (Å²) >= 11 is 0. The molecule has 6 heteroatoms. The number of halogens is 1. The molecule has 0 saturated heterocycles. The number of carbonyl (C=O) groups excluding carboxylic acids is 1. The number of rotatable bonds is 9. The first-order chi connectivity index (χ1) is 9.22. The molecule has 0 saturated carbocycles. The molecule has 0 aromatic heterocycles. The number of amides is 1. The van der Waals surface area contributed by atoms with Gasteiger partial charge in [-0.05, 0) is 24.3 Å². The Labute approximate surface area is 111 Å². The topological polar surface area (TPSA) is 67.8 Å². The smallest absolute Gasteiger partial charge is 0.223 e. The zero-order valence-corrected chi connectivity index (χ0v) is 10.6. The molecule has 5 nitrogen and oxygen atoms in total. The van der Waals surface area contributed by atoms with Crippen LogP contribution in [0.25, 0.3) is 0 Å². The maximum Gasteiger partial charge on any atom is 0.223 e. The number of nitrogens with one attached hydrogen (secondary N) is 1. The van der Waals surface area contributed by atoms with Gasteiger partial charge in [0.15, 0.2) is 0 Å². The van der Waals surface area contributed by atoms with Crippen LogP contribution in [-0.4, -0.2) is 44.0 Å². The molecule has 1 amide bonds. The lowest BCUT2D eigenvalue weighted by molar-refractivity contribution is -0.121. The standard InChI is InChI=1S/C13H18FNO4/c14-11-1-3-12(4-2-11)19-8-5-13(17)15-6-9-18-10-7-16/h1-4,16H,5-10H2,(H,15,17). The summed E-state index contributed by atoms with van der Waals surface area (Å²) in [6, 6.07) is 5.62. The van der Waals surface area contributed by atoms with E-state index in [1.54, 1.807) is 0 Å². The predicted octanol–water partition coefficient (Wildman–Crippen LogP) is 0.720. The van der Waals surface area contributed by atoms with Crippen molar-refractivity contribution in [3.05, 3.63) is 30.1 Å². The molecule has 1 aromatic carbocycles. The second-order valence-electron chi connectivity index (χ2n) is 3.74. The lowest BCUT2D eigenvalue weighted by Crippen LogP contribution is -2.28. The molecule has 0 spiro atoms. The molecule has 19 heavy (non-hydrogen) atoms. The van der Waals surface area contributed by atoms with Crippen molar-refractivity contribution in [2.75, 3.05) is 33.0 Å². The highest BCUT2D eigenvalue weighted by atomic mass is 19.1.